The highest BCUT2D eigenvalue weighted by Crippen LogP contribution is 2.22. The topological polar surface area (TPSA) is 53.8 Å². The van der Waals surface area contributed by atoms with Crippen molar-refractivity contribution in [1.29, 1.82) is 5.26 Å². The van der Waals surface area contributed by atoms with Gasteiger partial charge in [0.15, 0.2) is 6.29 Å². The van der Waals surface area contributed by atoms with Crippen LogP contribution in [-0.4, -0.2) is 11.3 Å². The lowest BCUT2D eigenvalue weighted by molar-refractivity contribution is 0.109. The molecule has 0 saturated carbocycles. The van der Waals surface area contributed by atoms with E-state index < -0.39 is 29.2 Å². The van der Waals surface area contributed by atoms with Crippen molar-refractivity contribution in [2.75, 3.05) is 0 Å². The minimum atomic E-state index is -3.09. The van der Waals surface area contributed by atoms with Crippen LogP contribution in [0.2, 0.25) is 0 Å². The molecular weight excluding hydrogens is 197 g/mol. The molecule has 6 heteroatoms. The fourth-order valence-corrected chi connectivity index (χ4v) is 0.883. The van der Waals surface area contributed by atoms with Gasteiger partial charge < -0.3 is 0 Å². The molecule has 0 aliphatic rings. The van der Waals surface area contributed by atoms with E-state index in [0.29, 0.717) is 6.07 Å². The number of nitrogens with zero attached hydrogens (tertiary/aromatic N) is 2. The van der Waals surface area contributed by atoms with Gasteiger partial charge in [0, 0.05) is 6.07 Å². The third-order valence-corrected chi connectivity index (χ3v) is 1.48. The Labute approximate surface area is 76.8 Å². The van der Waals surface area contributed by atoms with Gasteiger partial charge in [0.2, 0.25) is 0 Å². The molecule has 14 heavy (non-hydrogen) atoms. The molecule has 0 unspecified atom stereocenters. The van der Waals surface area contributed by atoms with Crippen LogP contribution in [-0.2, 0) is 0 Å². The standard InChI is InChI=1S/C8H3F3N2O/c9-6-1-4(2-12)13-7(8(10)11)5(6)3-14/h1,3,8H. The van der Waals surface area contributed by atoms with Crippen molar-refractivity contribution in [1.82, 2.24) is 4.98 Å². The van der Waals surface area contributed by atoms with Gasteiger partial charge in [-0.3, -0.25) is 4.79 Å². The maximum absolute atomic E-state index is 12.9. The molecule has 1 rings (SSSR count). The lowest BCUT2D eigenvalue weighted by atomic mass is 10.2. The van der Waals surface area contributed by atoms with Crippen molar-refractivity contribution in [2.24, 2.45) is 0 Å². The molecular formula is C8H3F3N2O. The van der Waals surface area contributed by atoms with Crippen LogP contribution in [0.25, 0.3) is 0 Å². The molecule has 72 valence electrons. The summed E-state index contributed by atoms with van der Waals surface area (Å²) in [5.41, 5.74) is -2.29. The molecule has 0 aromatic carbocycles. The molecule has 0 spiro atoms. The zero-order valence-corrected chi connectivity index (χ0v) is 6.67. The van der Waals surface area contributed by atoms with Crippen LogP contribution in [0, 0.1) is 17.1 Å². The number of carbonyl (C=O) groups excluding carboxylic acids is 1. The predicted octanol–water partition coefficient (Wildman–Crippen LogP) is 1.84. The molecule has 0 fully saturated rings. The fraction of sp³-hybridized carbons (Fsp3) is 0.125. The summed E-state index contributed by atoms with van der Waals surface area (Å²) >= 11 is 0. The number of nitriles is 1. The summed E-state index contributed by atoms with van der Waals surface area (Å²) < 4.78 is 37.3. The van der Waals surface area contributed by atoms with Gasteiger partial charge in [-0.05, 0) is 0 Å². The third kappa shape index (κ3) is 1.71. The number of aldehydes is 1. The van der Waals surface area contributed by atoms with Crippen LogP contribution in [0.4, 0.5) is 13.2 Å². The summed E-state index contributed by atoms with van der Waals surface area (Å²) in [7, 11) is 0. The second-order valence-corrected chi connectivity index (χ2v) is 2.32. The van der Waals surface area contributed by atoms with Crippen molar-refractivity contribution < 1.29 is 18.0 Å². The average Bonchev–Trinajstić information content (AvgIpc) is 2.16. The molecule has 0 aliphatic heterocycles. The van der Waals surface area contributed by atoms with Crippen molar-refractivity contribution >= 4 is 6.29 Å². The smallest absolute Gasteiger partial charge is 0.281 e. The van der Waals surface area contributed by atoms with E-state index in [1.54, 1.807) is 0 Å². The van der Waals surface area contributed by atoms with Crippen LogP contribution in [0.15, 0.2) is 6.07 Å². The molecule has 0 aliphatic carbocycles. The predicted molar refractivity (Wildman–Crippen MR) is 39.3 cm³/mol. The van der Waals surface area contributed by atoms with Gasteiger partial charge in [-0.15, -0.1) is 0 Å². The highest BCUT2D eigenvalue weighted by molar-refractivity contribution is 5.77. The van der Waals surface area contributed by atoms with Gasteiger partial charge in [-0.2, -0.15) is 5.26 Å². The Kier molecular flexibility index (Phi) is 2.82. The van der Waals surface area contributed by atoms with Crippen molar-refractivity contribution in [3.05, 3.63) is 28.8 Å². The average molecular weight is 200 g/mol. The SMILES string of the molecule is N#Cc1cc(F)c(C=O)c(C(F)F)n1. The Hall–Kier alpha value is -1.90. The number of rotatable bonds is 2. The number of pyridine rings is 1. The lowest BCUT2D eigenvalue weighted by Gasteiger charge is -2.03. The second kappa shape index (κ2) is 3.87. The van der Waals surface area contributed by atoms with Gasteiger partial charge in [-0.25, -0.2) is 18.2 Å². The number of aromatic nitrogens is 1. The fourth-order valence-electron chi connectivity index (χ4n) is 0.883. The Morgan fingerprint density at radius 3 is 2.64 bits per heavy atom. The second-order valence-electron chi connectivity index (χ2n) is 2.32. The Morgan fingerprint density at radius 2 is 2.21 bits per heavy atom. The summed E-state index contributed by atoms with van der Waals surface area (Å²) in [6.07, 6.45) is -3.14. The molecule has 0 amide bonds. The van der Waals surface area contributed by atoms with Gasteiger partial charge >= 0.3 is 0 Å². The first-order valence-corrected chi connectivity index (χ1v) is 3.44. The maximum Gasteiger partial charge on any atom is 0.281 e. The van der Waals surface area contributed by atoms with Crippen LogP contribution >= 0.6 is 0 Å². The third-order valence-electron chi connectivity index (χ3n) is 1.48. The van der Waals surface area contributed by atoms with Crippen LogP contribution in [0.5, 0.6) is 0 Å². The quantitative estimate of drug-likeness (QED) is 0.684. The van der Waals surface area contributed by atoms with Gasteiger partial charge in [0.1, 0.15) is 23.3 Å². The monoisotopic (exact) mass is 200 g/mol. The van der Waals surface area contributed by atoms with Gasteiger partial charge in [-0.1, -0.05) is 0 Å². The van der Waals surface area contributed by atoms with Crippen molar-refractivity contribution in [2.45, 2.75) is 6.43 Å². The minimum Gasteiger partial charge on any atom is -0.298 e. The number of hydrogen-bond donors (Lipinski definition) is 0. The molecule has 1 aromatic heterocycles. The number of carbonyl (C=O) groups is 1. The van der Waals surface area contributed by atoms with E-state index in [1.807, 2.05) is 0 Å². The Balaban J connectivity index is 3.45. The number of alkyl halides is 2. The van der Waals surface area contributed by atoms with Gasteiger partial charge in [0.25, 0.3) is 6.43 Å². The van der Waals surface area contributed by atoms with Crippen molar-refractivity contribution in [3.8, 4) is 6.07 Å². The van der Waals surface area contributed by atoms with E-state index >= 15 is 0 Å². The first-order chi connectivity index (χ1) is 6.60. The summed E-state index contributed by atoms with van der Waals surface area (Å²) in [4.78, 5) is 13.4. The zero-order valence-electron chi connectivity index (χ0n) is 6.67. The summed E-state index contributed by atoms with van der Waals surface area (Å²) in [5, 5.41) is 8.32. The molecule has 1 aromatic rings. The molecule has 0 atom stereocenters. The van der Waals surface area contributed by atoms with E-state index in [4.69, 9.17) is 5.26 Å². The van der Waals surface area contributed by atoms with E-state index in [9.17, 15) is 18.0 Å². The largest absolute Gasteiger partial charge is 0.298 e. The van der Waals surface area contributed by atoms with E-state index in [0.717, 1.165) is 0 Å². The first-order valence-electron chi connectivity index (χ1n) is 3.44. The van der Waals surface area contributed by atoms with E-state index in [-0.39, 0.29) is 6.29 Å². The van der Waals surface area contributed by atoms with Crippen molar-refractivity contribution in [3.63, 3.8) is 0 Å². The molecule has 0 radical (unpaired) electrons. The molecule has 0 N–H and O–H groups in total. The summed E-state index contributed by atoms with van der Waals surface area (Å²) in [6, 6.07) is 2.05. The van der Waals surface area contributed by atoms with Crippen LogP contribution in [0.1, 0.15) is 28.2 Å². The normalized spacial score (nSPS) is 9.93. The first kappa shape index (κ1) is 10.2. The number of hydrogen-bond acceptors (Lipinski definition) is 3. The summed E-state index contributed by atoms with van der Waals surface area (Å²) in [6.45, 7) is 0. The molecule has 0 bridgehead atoms. The van der Waals surface area contributed by atoms with Gasteiger partial charge in [0.05, 0.1) is 5.56 Å². The Morgan fingerprint density at radius 1 is 1.57 bits per heavy atom. The minimum absolute atomic E-state index is 0.0506. The summed E-state index contributed by atoms with van der Waals surface area (Å²) in [5.74, 6) is -1.16. The van der Waals surface area contributed by atoms with E-state index in [1.165, 1.54) is 6.07 Å². The van der Waals surface area contributed by atoms with Crippen LogP contribution < -0.4 is 0 Å². The Bertz CT molecular complexity index is 412. The molecule has 1 heterocycles. The zero-order chi connectivity index (χ0) is 10.7. The lowest BCUT2D eigenvalue weighted by Crippen LogP contribution is -2.03. The highest BCUT2D eigenvalue weighted by Gasteiger charge is 2.19. The van der Waals surface area contributed by atoms with Crippen LogP contribution in [0.3, 0.4) is 0 Å². The molecule has 0 saturated heterocycles. The maximum atomic E-state index is 12.9. The highest BCUT2D eigenvalue weighted by atomic mass is 19.3. The van der Waals surface area contributed by atoms with E-state index in [2.05, 4.69) is 4.98 Å². The number of halogens is 3. The molecule has 3 nitrogen and oxygen atoms in total.